The van der Waals surface area contributed by atoms with Gasteiger partial charge in [-0.3, -0.25) is 4.79 Å². The number of carbonyl (C=O) groups excluding carboxylic acids is 1. The Morgan fingerprint density at radius 2 is 1.57 bits per heavy atom. The maximum atomic E-state index is 11.4. The second-order valence-corrected chi connectivity index (χ2v) is 5.20. The fourth-order valence-electron chi connectivity index (χ4n) is 2.03. The summed E-state index contributed by atoms with van der Waals surface area (Å²) in [6.07, 6.45) is 3.51. The SMILES string of the molecule is CCCCc1ccc(Oc2ccc(C(=O)CCl)cc2)cc1. The number of ketones is 1. The van der Waals surface area contributed by atoms with Crippen LogP contribution >= 0.6 is 11.6 Å². The Kier molecular flexibility index (Phi) is 5.82. The summed E-state index contributed by atoms with van der Waals surface area (Å²) in [5.74, 6) is 1.43. The van der Waals surface area contributed by atoms with Crippen molar-refractivity contribution in [2.45, 2.75) is 26.2 Å². The van der Waals surface area contributed by atoms with Crippen LogP contribution in [-0.2, 0) is 6.42 Å². The molecule has 0 saturated heterocycles. The van der Waals surface area contributed by atoms with Crippen molar-refractivity contribution in [1.82, 2.24) is 0 Å². The largest absolute Gasteiger partial charge is 0.457 e. The Bertz CT molecular complexity index is 573. The third kappa shape index (κ3) is 4.61. The van der Waals surface area contributed by atoms with E-state index in [1.165, 1.54) is 18.4 Å². The molecule has 0 amide bonds. The summed E-state index contributed by atoms with van der Waals surface area (Å²) in [7, 11) is 0. The average molecular weight is 303 g/mol. The molecular weight excluding hydrogens is 284 g/mol. The summed E-state index contributed by atoms with van der Waals surface area (Å²) < 4.78 is 5.76. The molecule has 2 aromatic rings. The minimum absolute atomic E-state index is 0.000570. The van der Waals surface area contributed by atoms with Gasteiger partial charge >= 0.3 is 0 Å². The van der Waals surface area contributed by atoms with Gasteiger partial charge in [0.1, 0.15) is 11.5 Å². The topological polar surface area (TPSA) is 26.3 Å². The van der Waals surface area contributed by atoms with E-state index < -0.39 is 0 Å². The van der Waals surface area contributed by atoms with E-state index in [1.54, 1.807) is 24.3 Å². The first-order chi connectivity index (χ1) is 10.2. The van der Waals surface area contributed by atoms with Gasteiger partial charge in [0, 0.05) is 5.56 Å². The number of rotatable bonds is 7. The summed E-state index contributed by atoms with van der Waals surface area (Å²) in [5.41, 5.74) is 1.93. The molecule has 0 aliphatic heterocycles. The highest BCUT2D eigenvalue weighted by atomic mass is 35.5. The Hall–Kier alpha value is -1.80. The molecule has 2 nitrogen and oxygen atoms in total. The minimum atomic E-state index is -0.0801. The number of hydrogen-bond donors (Lipinski definition) is 0. The lowest BCUT2D eigenvalue weighted by Gasteiger charge is -2.07. The third-order valence-corrected chi connectivity index (χ3v) is 3.52. The number of aryl methyl sites for hydroxylation is 1. The zero-order valence-electron chi connectivity index (χ0n) is 12.1. The van der Waals surface area contributed by atoms with E-state index in [0.717, 1.165) is 12.2 Å². The number of benzene rings is 2. The Labute approximate surface area is 130 Å². The third-order valence-electron chi connectivity index (χ3n) is 3.28. The highest BCUT2D eigenvalue weighted by molar-refractivity contribution is 6.30. The van der Waals surface area contributed by atoms with Crippen molar-refractivity contribution < 1.29 is 9.53 Å². The molecule has 0 fully saturated rings. The first-order valence-electron chi connectivity index (χ1n) is 7.19. The first-order valence-corrected chi connectivity index (χ1v) is 7.72. The lowest BCUT2D eigenvalue weighted by Crippen LogP contribution is -1.99. The Morgan fingerprint density at radius 3 is 2.10 bits per heavy atom. The van der Waals surface area contributed by atoms with E-state index in [2.05, 4.69) is 19.1 Å². The van der Waals surface area contributed by atoms with Gasteiger partial charge in [-0.25, -0.2) is 0 Å². The van der Waals surface area contributed by atoms with Crippen LogP contribution in [0.3, 0.4) is 0 Å². The highest BCUT2D eigenvalue weighted by Gasteiger charge is 2.04. The quantitative estimate of drug-likeness (QED) is 0.516. The summed E-state index contributed by atoms with van der Waals surface area (Å²) in [6.45, 7) is 2.19. The Morgan fingerprint density at radius 1 is 1.00 bits per heavy atom. The number of alkyl halides is 1. The molecule has 0 aliphatic carbocycles. The molecule has 21 heavy (non-hydrogen) atoms. The molecule has 0 saturated carbocycles. The molecule has 0 bridgehead atoms. The van der Waals surface area contributed by atoms with Crippen LogP contribution in [0.4, 0.5) is 0 Å². The van der Waals surface area contributed by atoms with Crippen LogP contribution in [0.15, 0.2) is 48.5 Å². The van der Waals surface area contributed by atoms with Crippen molar-refractivity contribution in [2.24, 2.45) is 0 Å². The Balaban J connectivity index is 1.99. The molecule has 0 radical (unpaired) electrons. The van der Waals surface area contributed by atoms with Gasteiger partial charge in [0.25, 0.3) is 0 Å². The van der Waals surface area contributed by atoms with Crippen molar-refractivity contribution in [3.8, 4) is 11.5 Å². The first kappa shape index (κ1) is 15.6. The molecule has 0 aromatic heterocycles. The van der Waals surface area contributed by atoms with Gasteiger partial charge in [0.05, 0.1) is 5.88 Å². The second-order valence-electron chi connectivity index (χ2n) is 4.93. The lowest BCUT2D eigenvalue weighted by molar-refractivity contribution is 0.102. The number of unbranched alkanes of at least 4 members (excludes halogenated alkanes) is 1. The molecule has 0 spiro atoms. The van der Waals surface area contributed by atoms with E-state index >= 15 is 0 Å². The van der Waals surface area contributed by atoms with E-state index in [-0.39, 0.29) is 11.7 Å². The monoisotopic (exact) mass is 302 g/mol. The molecule has 2 aromatic carbocycles. The minimum Gasteiger partial charge on any atom is -0.457 e. The highest BCUT2D eigenvalue weighted by Crippen LogP contribution is 2.22. The normalized spacial score (nSPS) is 10.4. The number of ether oxygens (including phenoxy) is 1. The van der Waals surface area contributed by atoms with E-state index in [0.29, 0.717) is 11.3 Å². The molecule has 0 aliphatic rings. The number of hydrogen-bond acceptors (Lipinski definition) is 2. The van der Waals surface area contributed by atoms with Gasteiger partial charge in [-0.05, 0) is 54.8 Å². The van der Waals surface area contributed by atoms with E-state index in [1.807, 2.05) is 12.1 Å². The van der Waals surface area contributed by atoms with Crippen molar-refractivity contribution >= 4 is 17.4 Å². The smallest absolute Gasteiger partial charge is 0.177 e. The second kappa shape index (κ2) is 7.84. The molecule has 0 heterocycles. The maximum Gasteiger partial charge on any atom is 0.177 e. The fourth-order valence-corrected chi connectivity index (χ4v) is 2.18. The van der Waals surface area contributed by atoms with Crippen LogP contribution < -0.4 is 4.74 Å². The predicted molar refractivity (Wildman–Crippen MR) is 86.6 cm³/mol. The number of carbonyl (C=O) groups is 1. The van der Waals surface area contributed by atoms with E-state index in [4.69, 9.17) is 16.3 Å². The standard InChI is InChI=1S/C18H19ClO2/c1-2-3-4-14-5-9-16(10-6-14)21-17-11-7-15(8-12-17)18(20)13-19/h5-12H,2-4,13H2,1H3. The molecule has 0 atom stereocenters. The van der Waals surface area contributed by atoms with Crippen molar-refractivity contribution in [2.75, 3.05) is 5.88 Å². The molecular formula is C18H19ClO2. The van der Waals surface area contributed by atoms with Crippen LogP contribution in [-0.4, -0.2) is 11.7 Å². The molecule has 3 heteroatoms. The zero-order valence-corrected chi connectivity index (χ0v) is 12.9. The molecule has 0 unspecified atom stereocenters. The van der Waals surface area contributed by atoms with Crippen LogP contribution in [0.5, 0.6) is 11.5 Å². The molecule has 110 valence electrons. The lowest BCUT2D eigenvalue weighted by atomic mass is 10.1. The van der Waals surface area contributed by atoms with Gasteiger partial charge in [-0.2, -0.15) is 0 Å². The zero-order chi connectivity index (χ0) is 15.1. The van der Waals surface area contributed by atoms with Crippen molar-refractivity contribution in [1.29, 1.82) is 0 Å². The van der Waals surface area contributed by atoms with Crippen molar-refractivity contribution in [3.63, 3.8) is 0 Å². The molecule has 2 rings (SSSR count). The van der Waals surface area contributed by atoms with Gasteiger partial charge in [-0.1, -0.05) is 25.5 Å². The number of Topliss-reactive ketones (excluding diaryl/α,β-unsaturated/α-hetero) is 1. The van der Waals surface area contributed by atoms with Gasteiger partial charge in [0.2, 0.25) is 0 Å². The van der Waals surface area contributed by atoms with Crippen molar-refractivity contribution in [3.05, 3.63) is 59.7 Å². The predicted octanol–water partition coefficient (Wildman–Crippen LogP) is 5.24. The van der Waals surface area contributed by atoms with Gasteiger partial charge in [0.15, 0.2) is 5.78 Å². The summed E-state index contributed by atoms with van der Waals surface area (Å²) in [4.78, 5) is 11.4. The van der Waals surface area contributed by atoms with Gasteiger partial charge < -0.3 is 4.74 Å². The van der Waals surface area contributed by atoms with Gasteiger partial charge in [-0.15, -0.1) is 11.6 Å². The average Bonchev–Trinajstić information content (AvgIpc) is 2.54. The van der Waals surface area contributed by atoms with Crippen LogP contribution in [0.1, 0.15) is 35.7 Å². The maximum absolute atomic E-state index is 11.4. The summed E-state index contributed by atoms with van der Waals surface area (Å²) in [6, 6.07) is 15.2. The van der Waals surface area contributed by atoms with Crippen LogP contribution in [0.2, 0.25) is 0 Å². The summed E-state index contributed by atoms with van der Waals surface area (Å²) >= 11 is 5.53. The summed E-state index contributed by atoms with van der Waals surface area (Å²) in [5, 5.41) is 0. The number of halogens is 1. The van der Waals surface area contributed by atoms with E-state index in [9.17, 15) is 4.79 Å². The molecule has 0 N–H and O–H groups in total. The van der Waals surface area contributed by atoms with Crippen LogP contribution in [0.25, 0.3) is 0 Å². The van der Waals surface area contributed by atoms with Crippen LogP contribution in [0, 0.1) is 0 Å². The fraction of sp³-hybridized carbons (Fsp3) is 0.278.